The van der Waals surface area contributed by atoms with Gasteiger partial charge >= 0.3 is 0 Å². The van der Waals surface area contributed by atoms with Crippen molar-refractivity contribution >= 4 is 23.2 Å². The highest BCUT2D eigenvalue weighted by molar-refractivity contribution is 6.10. The Bertz CT molecular complexity index is 977. The van der Waals surface area contributed by atoms with Crippen LogP contribution >= 0.6 is 0 Å². The molecule has 2 atom stereocenters. The van der Waals surface area contributed by atoms with E-state index < -0.39 is 5.91 Å². The van der Waals surface area contributed by atoms with Gasteiger partial charge in [-0.05, 0) is 42.7 Å². The summed E-state index contributed by atoms with van der Waals surface area (Å²) < 4.78 is 11.5. The van der Waals surface area contributed by atoms with Gasteiger partial charge in [0.15, 0.2) is 11.5 Å². The van der Waals surface area contributed by atoms with E-state index >= 15 is 0 Å². The Kier molecular flexibility index (Phi) is 5.50. The number of ether oxygens (including phenoxy) is 2. The van der Waals surface area contributed by atoms with Gasteiger partial charge in [0.2, 0.25) is 5.91 Å². The second-order valence-corrected chi connectivity index (χ2v) is 7.62. The summed E-state index contributed by atoms with van der Waals surface area (Å²) in [6, 6.07) is 10.8. The van der Waals surface area contributed by atoms with Crippen LogP contribution in [0.15, 0.2) is 36.4 Å². The number of aliphatic hydroxyl groups is 1. The highest BCUT2D eigenvalue weighted by Crippen LogP contribution is 2.37. The number of hydrogen-bond donors (Lipinski definition) is 3. The van der Waals surface area contributed by atoms with Crippen molar-refractivity contribution in [3.05, 3.63) is 47.5 Å². The molecule has 0 spiro atoms. The Morgan fingerprint density at radius 2 is 2.07 bits per heavy atom. The zero-order valence-corrected chi connectivity index (χ0v) is 16.8. The predicted molar refractivity (Wildman–Crippen MR) is 112 cm³/mol. The topological polar surface area (TPSA) is 114 Å². The van der Waals surface area contributed by atoms with E-state index in [2.05, 4.69) is 5.32 Å². The number of anilines is 2. The summed E-state index contributed by atoms with van der Waals surface area (Å²) >= 11 is 0. The molecule has 1 aliphatic heterocycles. The first-order valence-electron chi connectivity index (χ1n) is 9.94. The van der Waals surface area contributed by atoms with Gasteiger partial charge in [-0.25, -0.2) is 0 Å². The van der Waals surface area contributed by atoms with Gasteiger partial charge in [-0.3, -0.25) is 9.59 Å². The molecule has 2 aromatic carbocycles. The molecule has 4 rings (SSSR count). The van der Waals surface area contributed by atoms with Crippen molar-refractivity contribution in [2.45, 2.75) is 38.0 Å². The Balaban J connectivity index is 1.55. The summed E-state index contributed by atoms with van der Waals surface area (Å²) in [5, 5.41) is 12.7. The molecule has 1 heterocycles. The summed E-state index contributed by atoms with van der Waals surface area (Å²) in [6.07, 6.45) is 1.68. The molecule has 2 aromatic rings. The smallest absolute Gasteiger partial charge is 0.259 e. The van der Waals surface area contributed by atoms with Crippen LogP contribution in [-0.4, -0.2) is 42.8 Å². The van der Waals surface area contributed by atoms with Crippen LogP contribution in [0.25, 0.3) is 0 Å². The highest BCUT2D eigenvalue weighted by Gasteiger charge is 2.30. The van der Waals surface area contributed by atoms with Gasteiger partial charge in [0.25, 0.3) is 5.91 Å². The third-order valence-electron chi connectivity index (χ3n) is 5.49. The largest absolute Gasteiger partial charge is 0.493 e. The molecule has 0 aromatic heterocycles. The Morgan fingerprint density at radius 1 is 1.23 bits per heavy atom. The van der Waals surface area contributed by atoms with Crippen molar-refractivity contribution in [1.82, 2.24) is 0 Å². The van der Waals surface area contributed by atoms with Crippen molar-refractivity contribution < 1.29 is 24.2 Å². The summed E-state index contributed by atoms with van der Waals surface area (Å²) in [5.74, 6) is 0.549. The number of aliphatic hydroxyl groups excluding tert-OH is 1. The predicted octanol–water partition coefficient (Wildman–Crippen LogP) is 2.04. The number of nitrogens with zero attached hydrogens (tertiary/aromatic N) is 1. The Hall–Kier alpha value is -3.26. The maximum atomic E-state index is 13.0. The highest BCUT2D eigenvalue weighted by atomic mass is 16.5. The van der Waals surface area contributed by atoms with E-state index in [1.165, 1.54) is 0 Å². The number of carbonyl (C=O) groups excluding carboxylic acids is 2. The fourth-order valence-electron chi connectivity index (χ4n) is 3.94. The van der Waals surface area contributed by atoms with Crippen LogP contribution in [0.1, 0.15) is 35.2 Å². The van der Waals surface area contributed by atoms with E-state index in [0.29, 0.717) is 41.4 Å². The number of benzene rings is 2. The Labute approximate surface area is 174 Å². The number of nitrogens with one attached hydrogen (secondary N) is 1. The lowest BCUT2D eigenvalue weighted by Gasteiger charge is -2.20. The van der Waals surface area contributed by atoms with Gasteiger partial charge < -0.3 is 30.5 Å². The normalized spacial score (nSPS) is 20.2. The molecule has 0 saturated heterocycles. The first kappa shape index (κ1) is 20.0. The van der Waals surface area contributed by atoms with E-state index in [9.17, 15) is 14.7 Å². The van der Waals surface area contributed by atoms with Crippen molar-refractivity contribution in [3.8, 4) is 11.5 Å². The molecule has 8 nitrogen and oxygen atoms in total. The van der Waals surface area contributed by atoms with Gasteiger partial charge in [0.1, 0.15) is 6.10 Å². The number of rotatable bonds is 7. The molecule has 30 heavy (non-hydrogen) atoms. The molecule has 0 bridgehead atoms. The monoisotopic (exact) mass is 411 g/mol. The van der Waals surface area contributed by atoms with Crippen LogP contribution in [-0.2, 0) is 11.3 Å². The summed E-state index contributed by atoms with van der Waals surface area (Å²) in [4.78, 5) is 25.7. The zero-order chi connectivity index (χ0) is 21.3. The summed E-state index contributed by atoms with van der Waals surface area (Å²) in [6.45, 7) is 0.448. The van der Waals surface area contributed by atoms with E-state index in [1.54, 1.807) is 30.2 Å². The Morgan fingerprint density at radius 3 is 2.77 bits per heavy atom. The van der Waals surface area contributed by atoms with Gasteiger partial charge in [-0.2, -0.15) is 0 Å². The number of hydrogen-bond acceptors (Lipinski definition) is 6. The first-order valence-corrected chi connectivity index (χ1v) is 9.94. The summed E-state index contributed by atoms with van der Waals surface area (Å²) in [7, 11) is 1.57. The lowest BCUT2D eigenvalue weighted by Crippen LogP contribution is -2.23. The zero-order valence-electron chi connectivity index (χ0n) is 16.8. The standard InChI is InChI=1S/C22H25N3O5/c1-29-19-7-4-15(9-20(19)30-17-6-5-16(26)10-17)25-12-13-2-3-14(24-11-21(23)27)8-18(13)22(25)28/h2-4,7-9,16-17,24,26H,5-6,10-12H2,1H3,(H2,23,27). The molecule has 1 saturated carbocycles. The fourth-order valence-corrected chi connectivity index (χ4v) is 3.94. The minimum atomic E-state index is -0.469. The minimum absolute atomic E-state index is 0.00569. The molecule has 8 heteroatoms. The van der Waals surface area contributed by atoms with E-state index in [4.69, 9.17) is 15.2 Å². The third kappa shape index (κ3) is 4.04. The number of amides is 2. The quantitative estimate of drug-likeness (QED) is 0.643. The van der Waals surface area contributed by atoms with Crippen LogP contribution in [0, 0.1) is 0 Å². The van der Waals surface area contributed by atoms with E-state index in [0.717, 1.165) is 18.4 Å². The van der Waals surface area contributed by atoms with Crippen LogP contribution < -0.4 is 25.4 Å². The maximum Gasteiger partial charge on any atom is 0.259 e. The molecule has 1 aliphatic carbocycles. The van der Waals surface area contributed by atoms with Crippen LogP contribution in [0.2, 0.25) is 0 Å². The number of fused-ring (bicyclic) bond motifs is 1. The lowest BCUT2D eigenvalue weighted by atomic mass is 10.1. The molecule has 0 radical (unpaired) electrons. The second-order valence-electron chi connectivity index (χ2n) is 7.62. The van der Waals surface area contributed by atoms with Crippen molar-refractivity contribution in [3.63, 3.8) is 0 Å². The molecule has 1 fully saturated rings. The number of nitrogens with two attached hydrogens (primary N) is 1. The first-order chi connectivity index (χ1) is 14.4. The van der Waals surface area contributed by atoms with Crippen LogP contribution in [0.5, 0.6) is 11.5 Å². The fraction of sp³-hybridized carbons (Fsp3) is 0.364. The van der Waals surface area contributed by atoms with Crippen LogP contribution in [0.4, 0.5) is 11.4 Å². The van der Waals surface area contributed by atoms with E-state index in [-0.39, 0.29) is 24.7 Å². The van der Waals surface area contributed by atoms with Crippen molar-refractivity contribution in [1.29, 1.82) is 0 Å². The number of methoxy groups -OCH3 is 1. The van der Waals surface area contributed by atoms with Crippen molar-refractivity contribution in [2.24, 2.45) is 5.73 Å². The van der Waals surface area contributed by atoms with Gasteiger partial charge in [-0.1, -0.05) is 6.07 Å². The molecule has 4 N–H and O–H groups in total. The minimum Gasteiger partial charge on any atom is -0.493 e. The molecule has 2 amide bonds. The van der Waals surface area contributed by atoms with Gasteiger partial charge in [0.05, 0.1) is 26.3 Å². The molecule has 158 valence electrons. The van der Waals surface area contributed by atoms with Crippen LogP contribution in [0.3, 0.4) is 0 Å². The number of carbonyl (C=O) groups is 2. The van der Waals surface area contributed by atoms with Crippen molar-refractivity contribution in [2.75, 3.05) is 23.9 Å². The molecule has 2 unspecified atom stereocenters. The van der Waals surface area contributed by atoms with Gasteiger partial charge in [0, 0.05) is 29.4 Å². The third-order valence-corrected chi connectivity index (χ3v) is 5.49. The molecule has 2 aliphatic rings. The second kappa shape index (κ2) is 8.23. The summed E-state index contributed by atoms with van der Waals surface area (Å²) in [5.41, 5.74) is 8.03. The van der Waals surface area contributed by atoms with E-state index in [1.807, 2.05) is 18.2 Å². The SMILES string of the molecule is COc1ccc(N2Cc3ccc(NCC(N)=O)cc3C2=O)cc1OC1CCC(O)C1. The lowest BCUT2D eigenvalue weighted by molar-refractivity contribution is -0.116. The molecular weight excluding hydrogens is 386 g/mol. The van der Waals surface area contributed by atoms with Gasteiger partial charge in [-0.15, -0.1) is 0 Å². The molecular formula is C22H25N3O5. The average molecular weight is 411 g/mol. The average Bonchev–Trinajstić information content (AvgIpc) is 3.29. The number of primary amides is 1. The maximum absolute atomic E-state index is 13.0.